The van der Waals surface area contributed by atoms with Crippen LogP contribution in [0.25, 0.3) is 0 Å². The van der Waals surface area contributed by atoms with E-state index in [-0.39, 0.29) is 74.3 Å². The SMILES string of the molecule is CCO[Si](OCC)(OCC)Oc1ccc(C(C)(C)c2ccc(O[Si](OCC)(OCC)OCC)c(NC(=O)c3ccc(NC(=O)c4ccc(N)cc4)cc3)c2)cc1NC(=O)c1ccc(NC(=O)c2ccc(N)cc2)cc1. The van der Waals surface area contributed by atoms with Crippen molar-refractivity contribution in [1.29, 1.82) is 0 Å². The lowest BCUT2D eigenvalue weighted by molar-refractivity contribution is 0.00887. The van der Waals surface area contributed by atoms with Gasteiger partial charge in [-0.2, -0.15) is 0 Å². The minimum Gasteiger partial charge on any atom is -0.478 e. The van der Waals surface area contributed by atoms with Crippen molar-refractivity contribution in [2.75, 3.05) is 72.4 Å². The largest absolute Gasteiger partial charge is 0.749 e. The van der Waals surface area contributed by atoms with Crippen molar-refractivity contribution in [3.8, 4) is 11.5 Å². The first-order chi connectivity index (χ1) is 36.0. The number of benzene rings is 6. The molecular formula is C55H66N6O12Si2. The molecule has 0 saturated carbocycles. The molecule has 0 aliphatic heterocycles. The third-order valence-electron chi connectivity index (χ3n) is 11.5. The standard InChI is InChI=1S/C55H66N6O12Si2/c1-9-66-74(67-10-2,68-11-3)72-49-33-23-41(35-47(49)60-53(64)39-19-29-45(30-20-39)58-51(62)37-15-25-43(56)26-16-37)55(7,8)42-24-34-50(73-75(69-12-4,70-13-5)71-14-6)48(36-42)61-54(65)40-21-31-46(32-22-40)59-52(63)38-17-27-44(57)28-18-38/h15-36H,9-14,56-57H2,1-8H3,(H,58,62)(H,59,63)(H,60,64)(H,61,65). The zero-order valence-electron chi connectivity index (χ0n) is 43.5. The molecule has 20 heteroatoms. The first-order valence-corrected chi connectivity index (χ1v) is 27.9. The average molecular weight is 1060 g/mol. The third kappa shape index (κ3) is 14.9. The molecule has 0 fully saturated rings. The maximum absolute atomic E-state index is 14.2. The summed E-state index contributed by atoms with van der Waals surface area (Å²) in [5.41, 5.74) is 16.2. The molecule has 0 bridgehead atoms. The van der Waals surface area contributed by atoms with Crippen LogP contribution in [-0.2, 0) is 32.0 Å². The Morgan fingerprint density at radius 3 is 0.947 bits per heavy atom. The summed E-state index contributed by atoms with van der Waals surface area (Å²) < 4.78 is 49.3. The number of nitrogens with one attached hydrogen (secondary N) is 4. The van der Waals surface area contributed by atoms with Gasteiger partial charge in [-0.15, -0.1) is 0 Å². The van der Waals surface area contributed by atoms with Gasteiger partial charge >= 0.3 is 18.1 Å². The van der Waals surface area contributed by atoms with Crippen molar-refractivity contribution >= 4 is 75.8 Å². The molecule has 396 valence electrons. The van der Waals surface area contributed by atoms with Crippen molar-refractivity contribution in [3.05, 3.63) is 167 Å². The van der Waals surface area contributed by atoms with E-state index in [0.717, 1.165) is 11.1 Å². The molecule has 0 aliphatic rings. The van der Waals surface area contributed by atoms with Gasteiger partial charge in [-0.3, -0.25) is 19.2 Å². The van der Waals surface area contributed by atoms with Gasteiger partial charge in [0.2, 0.25) is 0 Å². The van der Waals surface area contributed by atoms with E-state index in [0.29, 0.717) is 45.0 Å². The zero-order valence-corrected chi connectivity index (χ0v) is 45.5. The number of carbonyl (C=O) groups is 4. The maximum atomic E-state index is 14.2. The normalized spacial score (nSPS) is 11.6. The van der Waals surface area contributed by atoms with Crippen LogP contribution in [0.2, 0.25) is 0 Å². The Balaban J connectivity index is 1.35. The lowest BCUT2D eigenvalue weighted by Gasteiger charge is -2.31. The fourth-order valence-electron chi connectivity index (χ4n) is 7.61. The summed E-state index contributed by atoms with van der Waals surface area (Å²) in [6.45, 7) is 16.2. The highest BCUT2D eigenvalue weighted by Crippen LogP contribution is 2.41. The molecule has 6 aromatic rings. The van der Waals surface area contributed by atoms with Crippen LogP contribution in [0.5, 0.6) is 11.5 Å². The molecule has 6 aromatic carbocycles. The Labute approximate surface area is 440 Å². The second-order valence-electron chi connectivity index (χ2n) is 17.1. The van der Waals surface area contributed by atoms with Crippen LogP contribution in [0.15, 0.2) is 133 Å². The number of nitrogens with two attached hydrogens (primary N) is 2. The molecule has 0 radical (unpaired) electrons. The van der Waals surface area contributed by atoms with Crippen LogP contribution >= 0.6 is 0 Å². The number of nitrogen functional groups attached to an aromatic ring is 2. The summed E-state index contributed by atoms with van der Waals surface area (Å²) in [4.78, 5) is 54.2. The summed E-state index contributed by atoms with van der Waals surface area (Å²) >= 11 is 0. The quantitative estimate of drug-likeness (QED) is 0.0219. The van der Waals surface area contributed by atoms with Gasteiger partial charge in [-0.05, 0) is 174 Å². The van der Waals surface area contributed by atoms with E-state index in [2.05, 4.69) is 21.3 Å². The summed E-state index contributed by atoms with van der Waals surface area (Å²) in [6.07, 6.45) is 0. The molecule has 4 amide bonds. The van der Waals surface area contributed by atoms with Crippen molar-refractivity contribution in [2.45, 2.75) is 60.8 Å². The number of amides is 4. The monoisotopic (exact) mass is 1060 g/mol. The van der Waals surface area contributed by atoms with E-state index in [1.54, 1.807) is 163 Å². The first-order valence-electron chi connectivity index (χ1n) is 24.7. The molecule has 0 unspecified atom stereocenters. The van der Waals surface area contributed by atoms with E-state index in [4.69, 9.17) is 46.9 Å². The number of anilines is 6. The highest BCUT2D eigenvalue weighted by atomic mass is 28.4. The summed E-state index contributed by atoms with van der Waals surface area (Å²) in [7, 11) is -7.61. The molecule has 0 heterocycles. The maximum Gasteiger partial charge on any atom is 0.749 e. The predicted octanol–water partition coefficient (Wildman–Crippen LogP) is 10.0. The second-order valence-corrected chi connectivity index (χ2v) is 21.2. The Kier molecular flexibility index (Phi) is 19.9. The minimum absolute atomic E-state index is 0.230. The molecule has 18 nitrogen and oxygen atoms in total. The van der Waals surface area contributed by atoms with Crippen molar-refractivity contribution < 1.29 is 54.6 Å². The molecule has 0 spiro atoms. The van der Waals surface area contributed by atoms with E-state index in [1.165, 1.54) is 0 Å². The molecule has 75 heavy (non-hydrogen) atoms. The Bertz CT molecular complexity index is 2660. The zero-order chi connectivity index (χ0) is 54.2. The lowest BCUT2D eigenvalue weighted by atomic mass is 9.77. The average Bonchev–Trinajstić information content (AvgIpc) is 3.38. The van der Waals surface area contributed by atoms with Crippen molar-refractivity contribution in [3.63, 3.8) is 0 Å². The van der Waals surface area contributed by atoms with Crippen LogP contribution in [0.4, 0.5) is 34.1 Å². The van der Waals surface area contributed by atoms with E-state index >= 15 is 0 Å². The van der Waals surface area contributed by atoms with Gasteiger partial charge in [0.1, 0.15) is 11.5 Å². The number of rotatable bonds is 26. The highest BCUT2D eigenvalue weighted by molar-refractivity contribution is 6.55. The number of hydrogen-bond acceptors (Lipinski definition) is 14. The fourth-order valence-corrected chi connectivity index (χ4v) is 11.5. The Morgan fingerprint density at radius 2 is 0.667 bits per heavy atom. The van der Waals surface area contributed by atoms with Crippen LogP contribution < -0.4 is 41.6 Å². The van der Waals surface area contributed by atoms with Crippen LogP contribution in [0.1, 0.15) is 108 Å². The summed E-state index contributed by atoms with van der Waals surface area (Å²) in [6, 6.07) is 36.7. The van der Waals surface area contributed by atoms with Gasteiger partial charge in [0.05, 0.1) is 11.4 Å². The minimum atomic E-state index is -3.80. The number of carbonyl (C=O) groups excluding carboxylic acids is 4. The van der Waals surface area contributed by atoms with Crippen molar-refractivity contribution in [1.82, 2.24) is 0 Å². The predicted molar refractivity (Wildman–Crippen MR) is 294 cm³/mol. The highest BCUT2D eigenvalue weighted by Gasteiger charge is 2.49. The van der Waals surface area contributed by atoms with Crippen molar-refractivity contribution in [2.24, 2.45) is 0 Å². The smallest absolute Gasteiger partial charge is 0.478 e. The van der Waals surface area contributed by atoms with Gasteiger partial charge in [0, 0.05) is 90.1 Å². The molecule has 6 rings (SSSR count). The summed E-state index contributed by atoms with van der Waals surface area (Å²) in [5.74, 6) is -1.16. The Hall–Kier alpha value is -7.41. The first kappa shape index (κ1) is 56.9. The second kappa shape index (κ2) is 26.2. The van der Waals surface area contributed by atoms with Gasteiger partial charge in [-0.1, -0.05) is 26.0 Å². The van der Waals surface area contributed by atoms with Gasteiger partial charge in [0.15, 0.2) is 0 Å². The van der Waals surface area contributed by atoms with Gasteiger partial charge in [-0.25, -0.2) is 0 Å². The molecule has 0 aromatic heterocycles. The third-order valence-corrected chi connectivity index (χ3v) is 16.2. The van der Waals surface area contributed by atoms with Gasteiger partial charge < -0.3 is 68.1 Å². The van der Waals surface area contributed by atoms with Gasteiger partial charge in [0.25, 0.3) is 23.6 Å². The topological polar surface area (TPSA) is 242 Å². The molecule has 0 aliphatic carbocycles. The summed E-state index contributed by atoms with van der Waals surface area (Å²) in [5, 5.41) is 11.7. The van der Waals surface area contributed by atoms with Crippen LogP contribution in [0, 0.1) is 0 Å². The van der Waals surface area contributed by atoms with E-state index < -0.39 is 35.3 Å². The van der Waals surface area contributed by atoms with E-state index in [9.17, 15) is 19.2 Å². The van der Waals surface area contributed by atoms with Crippen LogP contribution in [-0.4, -0.2) is 81.4 Å². The number of hydrogen-bond donors (Lipinski definition) is 6. The molecular weight excluding hydrogens is 993 g/mol. The molecule has 0 atom stereocenters. The molecule has 8 N–H and O–H groups in total. The molecule has 0 saturated heterocycles. The Morgan fingerprint density at radius 1 is 0.400 bits per heavy atom. The fraction of sp³-hybridized carbons (Fsp3) is 0.273. The van der Waals surface area contributed by atoms with Crippen LogP contribution in [0.3, 0.4) is 0 Å². The van der Waals surface area contributed by atoms with E-state index in [1.807, 2.05) is 26.0 Å². The lowest BCUT2D eigenvalue weighted by Crippen LogP contribution is -2.52.